The molecule has 0 aliphatic carbocycles. The molecule has 76 valence electrons. The molecule has 1 unspecified atom stereocenters. The Kier molecular flexibility index (Phi) is 4.34. The van der Waals surface area contributed by atoms with Gasteiger partial charge in [-0.05, 0) is 0 Å². The van der Waals surface area contributed by atoms with Gasteiger partial charge in [0.2, 0.25) is 5.91 Å². The minimum absolute atomic E-state index is 0.134. The summed E-state index contributed by atoms with van der Waals surface area (Å²) in [5, 5.41) is 0.945. The number of rotatable bonds is 4. The first-order valence-corrected chi connectivity index (χ1v) is 5.02. The monoisotopic (exact) mass is 212 g/mol. The molecule has 0 fully saturated rings. The van der Waals surface area contributed by atoms with E-state index in [9.17, 15) is 4.79 Å². The Bertz CT molecular complexity index is 293. The molecule has 5 nitrogen and oxygen atoms in total. The SMILES string of the molecule is CC(CC(=O)NN)Sc1cnccn1. The maximum Gasteiger partial charge on any atom is 0.234 e. The molecule has 3 N–H and O–H groups in total. The molecule has 0 radical (unpaired) electrons. The molecule has 0 saturated heterocycles. The normalized spacial score (nSPS) is 12.1. The molecule has 1 rings (SSSR count). The molecule has 0 bridgehead atoms. The molecule has 0 saturated carbocycles. The van der Waals surface area contributed by atoms with Crippen molar-refractivity contribution in [3.63, 3.8) is 0 Å². The van der Waals surface area contributed by atoms with Crippen molar-refractivity contribution in [2.75, 3.05) is 0 Å². The Morgan fingerprint density at radius 1 is 1.71 bits per heavy atom. The molecule has 1 aromatic rings. The van der Waals surface area contributed by atoms with E-state index in [2.05, 4.69) is 15.4 Å². The first kappa shape index (κ1) is 10.9. The molecular formula is C8H12N4OS. The summed E-state index contributed by atoms with van der Waals surface area (Å²) in [5.74, 6) is 4.80. The fourth-order valence-corrected chi connectivity index (χ4v) is 1.80. The van der Waals surface area contributed by atoms with E-state index >= 15 is 0 Å². The van der Waals surface area contributed by atoms with Crippen LogP contribution in [-0.2, 0) is 4.79 Å². The van der Waals surface area contributed by atoms with E-state index in [0.717, 1.165) is 5.03 Å². The summed E-state index contributed by atoms with van der Waals surface area (Å²) in [4.78, 5) is 18.9. The van der Waals surface area contributed by atoms with Crippen LogP contribution >= 0.6 is 11.8 Å². The van der Waals surface area contributed by atoms with Crippen LogP contribution in [0.3, 0.4) is 0 Å². The van der Waals surface area contributed by atoms with E-state index in [1.807, 2.05) is 6.92 Å². The van der Waals surface area contributed by atoms with Crippen LogP contribution in [0.2, 0.25) is 0 Å². The van der Waals surface area contributed by atoms with Crippen LogP contribution in [0.4, 0.5) is 0 Å². The van der Waals surface area contributed by atoms with Crippen LogP contribution in [0.25, 0.3) is 0 Å². The number of hydrogen-bond donors (Lipinski definition) is 2. The molecule has 0 spiro atoms. The summed E-state index contributed by atoms with van der Waals surface area (Å²) >= 11 is 1.50. The van der Waals surface area contributed by atoms with Gasteiger partial charge in [0.25, 0.3) is 0 Å². The summed E-state index contributed by atoms with van der Waals surface area (Å²) in [6.45, 7) is 1.94. The smallest absolute Gasteiger partial charge is 0.234 e. The van der Waals surface area contributed by atoms with Gasteiger partial charge in [0.15, 0.2) is 0 Å². The zero-order valence-electron chi connectivity index (χ0n) is 7.80. The lowest BCUT2D eigenvalue weighted by molar-refractivity contribution is -0.121. The molecule has 0 aromatic carbocycles. The maximum absolute atomic E-state index is 10.9. The second kappa shape index (κ2) is 5.56. The van der Waals surface area contributed by atoms with E-state index in [0.29, 0.717) is 6.42 Å². The highest BCUT2D eigenvalue weighted by Crippen LogP contribution is 2.21. The zero-order valence-corrected chi connectivity index (χ0v) is 8.62. The average molecular weight is 212 g/mol. The molecular weight excluding hydrogens is 200 g/mol. The summed E-state index contributed by atoms with van der Waals surface area (Å²) < 4.78 is 0. The predicted octanol–water partition coefficient (Wildman–Crippen LogP) is 0.337. The Morgan fingerprint density at radius 2 is 2.50 bits per heavy atom. The largest absolute Gasteiger partial charge is 0.294 e. The Labute approximate surface area is 86.5 Å². The van der Waals surface area contributed by atoms with E-state index in [-0.39, 0.29) is 11.2 Å². The van der Waals surface area contributed by atoms with Crippen LogP contribution in [-0.4, -0.2) is 21.1 Å². The van der Waals surface area contributed by atoms with Gasteiger partial charge in [-0.3, -0.25) is 15.2 Å². The lowest BCUT2D eigenvalue weighted by Gasteiger charge is -2.08. The molecule has 0 aliphatic heterocycles. The summed E-state index contributed by atoms with van der Waals surface area (Å²) in [7, 11) is 0. The third kappa shape index (κ3) is 3.71. The number of nitrogens with two attached hydrogens (primary N) is 1. The molecule has 1 atom stereocenters. The van der Waals surface area contributed by atoms with E-state index in [1.165, 1.54) is 11.8 Å². The number of thioether (sulfide) groups is 1. The third-order valence-electron chi connectivity index (χ3n) is 1.50. The summed E-state index contributed by atoms with van der Waals surface area (Å²) in [6.07, 6.45) is 5.28. The number of nitrogens with zero attached hydrogens (tertiary/aromatic N) is 2. The molecule has 1 amide bonds. The van der Waals surface area contributed by atoms with Gasteiger partial charge in [-0.1, -0.05) is 6.92 Å². The van der Waals surface area contributed by atoms with Crippen LogP contribution in [0.5, 0.6) is 0 Å². The lowest BCUT2D eigenvalue weighted by atomic mass is 10.3. The quantitative estimate of drug-likeness (QED) is 0.325. The van der Waals surface area contributed by atoms with E-state index in [1.54, 1.807) is 18.6 Å². The topological polar surface area (TPSA) is 80.9 Å². The summed E-state index contributed by atoms with van der Waals surface area (Å²) in [5.41, 5.74) is 2.09. The van der Waals surface area contributed by atoms with Crippen LogP contribution in [0.15, 0.2) is 23.6 Å². The minimum atomic E-state index is -0.172. The second-order valence-corrected chi connectivity index (χ2v) is 4.20. The van der Waals surface area contributed by atoms with Crippen molar-refractivity contribution in [1.29, 1.82) is 0 Å². The first-order chi connectivity index (χ1) is 6.72. The number of carbonyl (C=O) groups is 1. The Morgan fingerprint density at radius 3 is 3.07 bits per heavy atom. The zero-order chi connectivity index (χ0) is 10.4. The highest BCUT2D eigenvalue weighted by atomic mass is 32.2. The first-order valence-electron chi connectivity index (χ1n) is 4.14. The van der Waals surface area contributed by atoms with Gasteiger partial charge in [0.05, 0.1) is 6.20 Å². The van der Waals surface area contributed by atoms with Gasteiger partial charge in [-0.25, -0.2) is 10.8 Å². The van der Waals surface area contributed by atoms with Crippen molar-refractivity contribution in [3.8, 4) is 0 Å². The van der Waals surface area contributed by atoms with Crippen molar-refractivity contribution in [3.05, 3.63) is 18.6 Å². The fourth-order valence-electron chi connectivity index (χ4n) is 0.914. The molecule has 14 heavy (non-hydrogen) atoms. The van der Waals surface area contributed by atoms with Gasteiger partial charge in [-0.15, -0.1) is 11.8 Å². The average Bonchev–Trinajstić information content (AvgIpc) is 2.19. The standard InChI is InChI=1S/C8H12N4OS/c1-6(4-7(13)12-9)14-8-5-10-2-3-11-8/h2-3,5-6H,4,9H2,1H3,(H,12,13). The molecule has 0 aliphatic rings. The number of nitrogens with one attached hydrogen (secondary N) is 1. The second-order valence-electron chi connectivity index (χ2n) is 2.74. The predicted molar refractivity (Wildman–Crippen MR) is 54.3 cm³/mol. The number of aromatic nitrogens is 2. The number of hydrazine groups is 1. The van der Waals surface area contributed by atoms with Crippen molar-refractivity contribution < 1.29 is 4.79 Å². The van der Waals surface area contributed by atoms with Gasteiger partial charge in [0.1, 0.15) is 5.03 Å². The molecule has 1 aromatic heterocycles. The minimum Gasteiger partial charge on any atom is -0.294 e. The van der Waals surface area contributed by atoms with Gasteiger partial charge in [-0.2, -0.15) is 0 Å². The van der Waals surface area contributed by atoms with Gasteiger partial charge >= 0.3 is 0 Å². The van der Waals surface area contributed by atoms with Crippen LogP contribution in [0.1, 0.15) is 13.3 Å². The van der Waals surface area contributed by atoms with Crippen molar-refractivity contribution >= 4 is 17.7 Å². The van der Waals surface area contributed by atoms with Crippen molar-refractivity contribution in [1.82, 2.24) is 15.4 Å². The Balaban J connectivity index is 2.41. The molecule has 1 heterocycles. The lowest BCUT2D eigenvalue weighted by Crippen LogP contribution is -2.31. The Hall–Kier alpha value is -1.14. The third-order valence-corrected chi connectivity index (χ3v) is 2.52. The fraction of sp³-hybridized carbons (Fsp3) is 0.375. The van der Waals surface area contributed by atoms with Crippen LogP contribution in [0, 0.1) is 0 Å². The van der Waals surface area contributed by atoms with Crippen LogP contribution < -0.4 is 11.3 Å². The number of carbonyl (C=O) groups excluding carboxylic acids is 1. The van der Waals surface area contributed by atoms with Crippen molar-refractivity contribution in [2.45, 2.75) is 23.6 Å². The van der Waals surface area contributed by atoms with Crippen molar-refractivity contribution in [2.24, 2.45) is 5.84 Å². The van der Waals surface area contributed by atoms with E-state index in [4.69, 9.17) is 5.84 Å². The highest BCUT2D eigenvalue weighted by Gasteiger charge is 2.09. The van der Waals surface area contributed by atoms with E-state index < -0.39 is 0 Å². The summed E-state index contributed by atoms with van der Waals surface area (Å²) in [6, 6.07) is 0. The van der Waals surface area contributed by atoms with Gasteiger partial charge < -0.3 is 0 Å². The van der Waals surface area contributed by atoms with Gasteiger partial charge in [0, 0.05) is 24.1 Å². The molecule has 6 heteroatoms. The number of hydrogen-bond acceptors (Lipinski definition) is 5. The number of amides is 1. The highest BCUT2D eigenvalue weighted by molar-refractivity contribution is 7.99. The maximum atomic E-state index is 10.9.